The molecule has 0 unspecified atom stereocenters. The summed E-state index contributed by atoms with van der Waals surface area (Å²) in [4.78, 5) is 28.2. The summed E-state index contributed by atoms with van der Waals surface area (Å²) in [5.41, 5.74) is 1.73. The van der Waals surface area contributed by atoms with E-state index in [9.17, 15) is 14.7 Å². The summed E-state index contributed by atoms with van der Waals surface area (Å²) in [6.07, 6.45) is 3.92. The molecule has 1 N–H and O–H groups in total. The van der Waals surface area contributed by atoms with Gasteiger partial charge in [0.25, 0.3) is 0 Å². The van der Waals surface area contributed by atoms with Crippen molar-refractivity contribution in [1.29, 1.82) is 0 Å². The van der Waals surface area contributed by atoms with E-state index in [2.05, 4.69) is 10.00 Å². The Morgan fingerprint density at radius 1 is 1.11 bits per heavy atom. The number of carbonyl (C=O) groups is 2. The van der Waals surface area contributed by atoms with Crippen molar-refractivity contribution in [3.63, 3.8) is 0 Å². The lowest BCUT2D eigenvalue weighted by Crippen LogP contribution is -2.49. The number of aromatic nitrogens is 2. The van der Waals surface area contributed by atoms with E-state index in [0.717, 1.165) is 30.9 Å². The van der Waals surface area contributed by atoms with E-state index in [0.29, 0.717) is 13.1 Å². The Hall–Kier alpha value is -2.67. The van der Waals surface area contributed by atoms with E-state index in [4.69, 9.17) is 0 Å². The molecule has 148 valence electrons. The van der Waals surface area contributed by atoms with E-state index in [-0.39, 0.29) is 11.8 Å². The summed E-state index contributed by atoms with van der Waals surface area (Å²) in [7, 11) is 0. The average molecular weight is 382 g/mol. The maximum atomic E-state index is 12.7. The van der Waals surface area contributed by atoms with E-state index in [1.54, 1.807) is 0 Å². The van der Waals surface area contributed by atoms with Crippen LogP contribution in [0.5, 0.6) is 0 Å². The molecule has 1 amide bonds. The van der Waals surface area contributed by atoms with Crippen LogP contribution in [0.1, 0.15) is 19.4 Å². The number of benzene rings is 1. The third kappa shape index (κ3) is 3.42. The topological polar surface area (TPSA) is 78.7 Å². The van der Waals surface area contributed by atoms with Crippen LogP contribution in [0.15, 0.2) is 42.7 Å². The molecular weight excluding hydrogens is 356 g/mol. The first-order valence-corrected chi connectivity index (χ1v) is 9.71. The van der Waals surface area contributed by atoms with Gasteiger partial charge in [-0.2, -0.15) is 5.10 Å². The van der Waals surface area contributed by atoms with Gasteiger partial charge in [0.2, 0.25) is 5.91 Å². The third-order valence-electron chi connectivity index (χ3n) is 6.11. The van der Waals surface area contributed by atoms with Gasteiger partial charge in [-0.05, 0) is 17.5 Å². The highest BCUT2D eigenvalue weighted by atomic mass is 16.4. The van der Waals surface area contributed by atoms with Crippen LogP contribution in [-0.2, 0) is 16.1 Å². The highest BCUT2D eigenvalue weighted by Gasteiger charge is 2.66. The van der Waals surface area contributed by atoms with Crippen molar-refractivity contribution in [2.75, 3.05) is 26.2 Å². The van der Waals surface area contributed by atoms with Crippen LogP contribution in [0.4, 0.5) is 0 Å². The van der Waals surface area contributed by atoms with E-state index < -0.39 is 17.3 Å². The largest absolute Gasteiger partial charge is 0.481 e. The summed E-state index contributed by atoms with van der Waals surface area (Å²) in [5, 5.41) is 13.7. The molecule has 0 spiro atoms. The van der Waals surface area contributed by atoms with Gasteiger partial charge in [-0.3, -0.25) is 14.5 Å². The Bertz CT molecular complexity index is 869. The number of amides is 1. The quantitative estimate of drug-likeness (QED) is 0.854. The molecule has 7 heteroatoms. The highest BCUT2D eigenvalue weighted by Crippen LogP contribution is 2.59. The second-order valence-electron chi connectivity index (χ2n) is 8.35. The second-order valence-corrected chi connectivity index (χ2v) is 8.35. The summed E-state index contributed by atoms with van der Waals surface area (Å²) in [6, 6.07) is 10.00. The molecule has 2 aliphatic rings. The van der Waals surface area contributed by atoms with Crippen molar-refractivity contribution in [3.8, 4) is 5.69 Å². The molecule has 2 aromatic rings. The van der Waals surface area contributed by atoms with Gasteiger partial charge in [-0.1, -0.05) is 32.0 Å². The monoisotopic (exact) mass is 382 g/mol. The Kier molecular flexibility index (Phi) is 4.71. The number of carboxylic acid groups (broad SMARTS) is 1. The van der Waals surface area contributed by atoms with Crippen LogP contribution < -0.4 is 0 Å². The Labute approximate surface area is 164 Å². The molecule has 0 radical (unpaired) electrons. The molecule has 1 saturated heterocycles. The molecule has 4 rings (SSSR count). The summed E-state index contributed by atoms with van der Waals surface area (Å²) in [6.45, 7) is 7.39. The minimum absolute atomic E-state index is 0.00560. The van der Waals surface area contributed by atoms with Crippen molar-refractivity contribution in [1.82, 2.24) is 19.6 Å². The van der Waals surface area contributed by atoms with Gasteiger partial charge < -0.3 is 10.0 Å². The van der Waals surface area contributed by atoms with Crippen LogP contribution in [-0.4, -0.2) is 62.7 Å². The normalized spacial score (nSPS) is 24.1. The van der Waals surface area contributed by atoms with E-state index >= 15 is 0 Å². The van der Waals surface area contributed by atoms with Crippen LogP contribution in [0.2, 0.25) is 0 Å². The van der Waals surface area contributed by atoms with Gasteiger partial charge in [-0.25, -0.2) is 4.68 Å². The number of para-hydroxylation sites is 1. The predicted octanol–water partition coefficient (Wildman–Crippen LogP) is 1.87. The molecule has 1 aromatic carbocycles. The van der Waals surface area contributed by atoms with Gasteiger partial charge in [0.15, 0.2) is 0 Å². The molecule has 2 heterocycles. The third-order valence-corrected chi connectivity index (χ3v) is 6.11. The number of nitrogens with zero attached hydrogens (tertiary/aromatic N) is 4. The number of carboxylic acids is 1. The lowest BCUT2D eigenvalue weighted by Gasteiger charge is -2.35. The lowest BCUT2D eigenvalue weighted by atomic mass is 10.1. The van der Waals surface area contributed by atoms with Gasteiger partial charge in [0, 0.05) is 44.5 Å². The molecule has 1 saturated carbocycles. The molecule has 2 fully saturated rings. The second kappa shape index (κ2) is 7.05. The fourth-order valence-corrected chi connectivity index (χ4v) is 4.30. The first-order valence-electron chi connectivity index (χ1n) is 9.71. The first-order chi connectivity index (χ1) is 13.4. The zero-order valence-electron chi connectivity index (χ0n) is 16.3. The molecule has 28 heavy (non-hydrogen) atoms. The van der Waals surface area contributed by atoms with Gasteiger partial charge in [-0.15, -0.1) is 0 Å². The smallest absolute Gasteiger partial charge is 0.307 e. The standard InChI is InChI=1S/C21H26N4O3/c1-21(2)17(18(21)20(27)28)19(26)24-10-8-23(9-11-24)13-15-12-22-25(14-15)16-6-4-3-5-7-16/h3-7,12,14,17-18H,8-11,13H2,1-2H3,(H,27,28)/t17-,18+/m1/s1. The number of hydrogen-bond donors (Lipinski definition) is 1. The summed E-state index contributed by atoms with van der Waals surface area (Å²) < 4.78 is 1.87. The van der Waals surface area contributed by atoms with Crippen molar-refractivity contribution >= 4 is 11.9 Å². The molecule has 1 aliphatic heterocycles. The summed E-state index contributed by atoms with van der Waals surface area (Å²) in [5.74, 6) is -1.81. The summed E-state index contributed by atoms with van der Waals surface area (Å²) >= 11 is 0. The Morgan fingerprint density at radius 3 is 2.39 bits per heavy atom. The number of hydrogen-bond acceptors (Lipinski definition) is 4. The van der Waals surface area contributed by atoms with Gasteiger partial charge in [0.05, 0.1) is 23.7 Å². The predicted molar refractivity (Wildman–Crippen MR) is 104 cm³/mol. The van der Waals surface area contributed by atoms with Crippen LogP contribution in [0, 0.1) is 17.3 Å². The average Bonchev–Trinajstić information content (AvgIpc) is 3.01. The Morgan fingerprint density at radius 2 is 1.79 bits per heavy atom. The number of carbonyl (C=O) groups excluding carboxylic acids is 1. The van der Waals surface area contributed by atoms with Crippen LogP contribution >= 0.6 is 0 Å². The highest BCUT2D eigenvalue weighted by molar-refractivity contribution is 5.91. The maximum Gasteiger partial charge on any atom is 0.307 e. The number of piperazine rings is 1. The van der Waals surface area contributed by atoms with Gasteiger partial charge in [0.1, 0.15) is 0 Å². The SMILES string of the molecule is CC1(C)[C@H](C(=O)O)[C@@H]1C(=O)N1CCN(Cc2cnn(-c3ccccc3)c2)CC1. The van der Waals surface area contributed by atoms with Crippen LogP contribution in [0.3, 0.4) is 0 Å². The zero-order valence-corrected chi connectivity index (χ0v) is 16.3. The Balaban J connectivity index is 1.31. The number of aliphatic carboxylic acids is 1. The van der Waals surface area contributed by atoms with E-state index in [1.807, 2.05) is 66.2 Å². The molecule has 7 nitrogen and oxygen atoms in total. The fourth-order valence-electron chi connectivity index (χ4n) is 4.30. The molecule has 0 bridgehead atoms. The maximum absolute atomic E-state index is 12.7. The molecule has 1 aliphatic carbocycles. The molecule has 2 atom stereocenters. The fraction of sp³-hybridized carbons (Fsp3) is 0.476. The lowest BCUT2D eigenvalue weighted by molar-refractivity contribution is -0.142. The van der Waals surface area contributed by atoms with Crippen molar-refractivity contribution in [2.45, 2.75) is 20.4 Å². The van der Waals surface area contributed by atoms with Crippen molar-refractivity contribution in [2.24, 2.45) is 17.3 Å². The van der Waals surface area contributed by atoms with Crippen LogP contribution in [0.25, 0.3) is 5.69 Å². The minimum atomic E-state index is -0.864. The first kappa shape index (κ1) is 18.7. The number of rotatable bonds is 5. The van der Waals surface area contributed by atoms with Crippen molar-refractivity contribution < 1.29 is 14.7 Å². The zero-order chi connectivity index (χ0) is 19.9. The molecular formula is C21H26N4O3. The van der Waals surface area contributed by atoms with Gasteiger partial charge >= 0.3 is 5.97 Å². The minimum Gasteiger partial charge on any atom is -0.481 e. The van der Waals surface area contributed by atoms with E-state index in [1.165, 1.54) is 0 Å². The molecule has 1 aromatic heterocycles. The van der Waals surface area contributed by atoms with Crippen molar-refractivity contribution in [3.05, 3.63) is 48.3 Å².